The molecule has 0 atom stereocenters. The highest BCUT2D eigenvalue weighted by Crippen LogP contribution is 2.39. The van der Waals surface area contributed by atoms with Gasteiger partial charge in [-0.1, -0.05) is 6.07 Å². The maximum absolute atomic E-state index is 12.8. The summed E-state index contributed by atoms with van der Waals surface area (Å²) in [4.78, 5) is 19.9. The number of nitrogens with zero attached hydrogens (tertiary/aromatic N) is 1. The molecule has 25 heavy (non-hydrogen) atoms. The number of nitrogens with one attached hydrogen (secondary N) is 1. The van der Waals surface area contributed by atoms with Crippen molar-refractivity contribution in [1.82, 2.24) is 5.32 Å². The van der Waals surface area contributed by atoms with Gasteiger partial charge in [0.05, 0.1) is 18.4 Å². The average Bonchev–Trinajstić information content (AvgIpc) is 3.38. The predicted octanol–water partition coefficient (Wildman–Crippen LogP) is 4.96. The quantitative estimate of drug-likeness (QED) is 0.645. The van der Waals surface area contributed by atoms with Gasteiger partial charge in [-0.15, -0.1) is 22.7 Å². The van der Waals surface area contributed by atoms with Gasteiger partial charge >= 0.3 is 0 Å². The highest BCUT2D eigenvalue weighted by Gasteiger charge is 2.25. The molecule has 1 aliphatic rings. The zero-order valence-electron chi connectivity index (χ0n) is 13.7. The summed E-state index contributed by atoms with van der Waals surface area (Å²) in [7, 11) is 0. The molecule has 0 spiro atoms. The van der Waals surface area contributed by atoms with Crippen LogP contribution in [0.25, 0.3) is 0 Å². The summed E-state index contributed by atoms with van der Waals surface area (Å²) in [5.41, 5.74) is 1.94. The molecule has 1 amide bonds. The molecule has 3 aromatic heterocycles. The fraction of sp³-hybridized carbons (Fsp3) is 0.263. The van der Waals surface area contributed by atoms with E-state index < -0.39 is 0 Å². The molecule has 6 heteroatoms. The molecule has 4 nitrogen and oxygen atoms in total. The monoisotopic (exact) mass is 370 g/mol. The van der Waals surface area contributed by atoms with Gasteiger partial charge < -0.3 is 9.73 Å². The normalized spacial score (nSPS) is 13.9. The molecule has 0 aliphatic heterocycles. The highest BCUT2D eigenvalue weighted by molar-refractivity contribution is 7.16. The Hall–Kier alpha value is -2.18. The maximum atomic E-state index is 12.8. The van der Waals surface area contributed by atoms with Crippen molar-refractivity contribution in [3.63, 3.8) is 0 Å². The van der Waals surface area contributed by atoms with E-state index in [0.29, 0.717) is 6.54 Å². The van der Waals surface area contributed by atoms with Gasteiger partial charge in [-0.25, -0.2) is 4.99 Å². The molecule has 0 saturated heterocycles. The second-order valence-corrected chi connectivity index (χ2v) is 7.99. The van der Waals surface area contributed by atoms with Gasteiger partial charge in [-0.05, 0) is 54.8 Å². The number of hydrogen-bond donors (Lipinski definition) is 1. The molecule has 0 unspecified atom stereocenters. The van der Waals surface area contributed by atoms with E-state index in [1.54, 1.807) is 28.9 Å². The Bertz CT molecular complexity index is 877. The molecule has 3 heterocycles. The third kappa shape index (κ3) is 3.60. The van der Waals surface area contributed by atoms with Gasteiger partial charge in [-0.2, -0.15) is 0 Å². The number of carbonyl (C=O) groups excluding carboxylic acids is 1. The molecule has 1 aliphatic carbocycles. The van der Waals surface area contributed by atoms with Gasteiger partial charge in [0.25, 0.3) is 5.91 Å². The maximum Gasteiger partial charge on any atom is 0.255 e. The lowest BCUT2D eigenvalue weighted by atomic mass is 9.95. The number of rotatable bonds is 5. The van der Waals surface area contributed by atoms with Crippen LogP contribution >= 0.6 is 22.7 Å². The van der Waals surface area contributed by atoms with Crippen molar-refractivity contribution in [3.05, 3.63) is 62.6 Å². The van der Waals surface area contributed by atoms with E-state index in [0.717, 1.165) is 40.5 Å². The van der Waals surface area contributed by atoms with Crippen molar-refractivity contribution in [2.45, 2.75) is 32.2 Å². The lowest BCUT2D eigenvalue weighted by Crippen LogP contribution is -2.23. The van der Waals surface area contributed by atoms with E-state index in [1.165, 1.54) is 16.9 Å². The van der Waals surface area contributed by atoms with Crippen molar-refractivity contribution in [1.29, 1.82) is 0 Å². The largest absolute Gasteiger partial charge is 0.467 e. The first kappa shape index (κ1) is 16.3. The van der Waals surface area contributed by atoms with Crippen LogP contribution in [0.5, 0.6) is 0 Å². The molecule has 4 rings (SSSR count). The lowest BCUT2D eigenvalue weighted by molar-refractivity contribution is 0.0948. The number of aliphatic imine (C=N–C) groups is 1. The molecule has 0 saturated carbocycles. The SMILES string of the molecule is O=C(NCc1ccco1)c1c(N=Cc2cccs2)sc2c1CCCC2. The molecular weight excluding hydrogens is 352 g/mol. The van der Waals surface area contributed by atoms with Crippen LogP contribution in [-0.4, -0.2) is 12.1 Å². The fourth-order valence-electron chi connectivity index (χ4n) is 3.03. The van der Waals surface area contributed by atoms with E-state index in [-0.39, 0.29) is 5.91 Å². The summed E-state index contributed by atoms with van der Waals surface area (Å²) in [6.45, 7) is 0.393. The summed E-state index contributed by atoms with van der Waals surface area (Å²) in [6, 6.07) is 7.71. The van der Waals surface area contributed by atoms with Gasteiger partial charge in [-0.3, -0.25) is 4.79 Å². The molecule has 128 valence electrons. The summed E-state index contributed by atoms with van der Waals surface area (Å²) < 4.78 is 5.30. The number of thiophene rings is 2. The van der Waals surface area contributed by atoms with Crippen LogP contribution in [0.1, 0.15) is 44.3 Å². The predicted molar refractivity (Wildman–Crippen MR) is 102 cm³/mol. The number of fused-ring (bicyclic) bond motifs is 1. The highest BCUT2D eigenvalue weighted by atomic mass is 32.1. The van der Waals surface area contributed by atoms with Crippen molar-refractivity contribution in [2.24, 2.45) is 4.99 Å². The first-order valence-corrected chi connectivity index (χ1v) is 10.0. The Morgan fingerprint density at radius 1 is 1.28 bits per heavy atom. The van der Waals surface area contributed by atoms with Crippen LogP contribution in [0.2, 0.25) is 0 Å². The molecule has 0 bridgehead atoms. The number of hydrogen-bond acceptors (Lipinski definition) is 5. The zero-order chi connectivity index (χ0) is 17.1. The van der Waals surface area contributed by atoms with E-state index in [1.807, 2.05) is 35.9 Å². The van der Waals surface area contributed by atoms with E-state index in [9.17, 15) is 4.79 Å². The number of aryl methyl sites for hydroxylation is 1. The Labute approximate surface area is 154 Å². The first-order chi connectivity index (χ1) is 12.3. The summed E-state index contributed by atoms with van der Waals surface area (Å²) in [5, 5.41) is 5.82. The third-order valence-corrected chi connectivity index (χ3v) is 6.24. The zero-order valence-corrected chi connectivity index (χ0v) is 15.3. The van der Waals surface area contributed by atoms with Crippen LogP contribution in [0.15, 0.2) is 45.3 Å². The van der Waals surface area contributed by atoms with Gasteiger partial charge in [0.2, 0.25) is 0 Å². The first-order valence-electron chi connectivity index (χ1n) is 8.34. The molecule has 0 radical (unpaired) electrons. The molecular formula is C19H18N2O2S2. The molecule has 3 aromatic rings. The van der Waals surface area contributed by atoms with Crippen LogP contribution in [0.3, 0.4) is 0 Å². The third-order valence-electron chi connectivity index (χ3n) is 4.24. The van der Waals surface area contributed by atoms with Crippen molar-refractivity contribution in [2.75, 3.05) is 0 Å². The Kier molecular flexibility index (Phi) is 4.81. The van der Waals surface area contributed by atoms with Crippen LogP contribution in [-0.2, 0) is 19.4 Å². The second kappa shape index (κ2) is 7.37. The van der Waals surface area contributed by atoms with E-state index in [4.69, 9.17) is 4.42 Å². The Balaban J connectivity index is 1.61. The minimum atomic E-state index is -0.0610. The smallest absolute Gasteiger partial charge is 0.255 e. The van der Waals surface area contributed by atoms with E-state index in [2.05, 4.69) is 10.3 Å². The summed E-state index contributed by atoms with van der Waals surface area (Å²) in [5.74, 6) is 0.690. The van der Waals surface area contributed by atoms with Crippen LogP contribution in [0.4, 0.5) is 5.00 Å². The average molecular weight is 370 g/mol. The molecule has 0 aromatic carbocycles. The minimum absolute atomic E-state index is 0.0610. The van der Waals surface area contributed by atoms with Gasteiger partial charge in [0.15, 0.2) is 0 Å². The van der Waals surface area contributed by atoms with Gasteiger partial charge in [0, 0.05) is 16.0 Å². The summed E-state index contributed by atoms with van der Waals surface area (Å²) >= 11 is 3.30. The van der Waals surface area contributed by atoms with Gasteiger partial charge in [0.1, 0.15) is 10.8 Å². The summed E-state index contributed by atoms with van der Waals surface area (Å²) in [6.07, 6.45) is 7.80. The van der Waals surface area contributed by atoms with E-state index >= 15 is 0 Å². The topological polar surface area (TPSA) is 54.6 Å². The van der Waals surface area contributed by atoms with Crippen molar-refractivity contribution < 1.29 is 9.21 Å². The van der Waals surface area contributed by atoms with Crippen LogP contribution in [0, 0.1) is 0 Å². The van der Waals surface area contributed by atoms with Crippen molar-refractivity contribution in [3.8, 4) is 0 Å². The number of furan rings is 1. The fourth-order valence-corrected chi connectivity index (χ4v) is 4.85. The standard InChI is InChI=1S/C19H18N2O2S2/c22-18(20-11-13-5-3-9-23-13)17-15-7-1-2-8-16(15)25-19(17)21-12-14-6-4-10-24-14/h3-6,9-10,12H,1-2,7-8,11H2,(H,20,22). The lowest BCUT2D eigenvalue weighted by Gasteiger charge is -2.12. The second-order valence-electron chi connectivity index (χ2n) is 5.93. The Morgan fingerprint density at radius 3 is 3.00 bits per heavy atom. The number of amides is 1. The molecule has 1 N–H and O–H groups in total. The molecule has 0 fully saturated rings. The minimum Gasteiger partial charge on any atom is -0.467 e. The number of carbonyl (C=O) groups is 1. The van der Waals surface area contributed by atoms with Crippen LogP contribution < -0.4 is 5.32 Å². The Morgan fingerprint density at radius 2 is 2.20 bits per heavy atom. The van der Waals surface area contributed by atoms with Crippen molar-refractivity contribution >= 4 is 39.8 Å².